The number of nitrogens with two attached hydrogens (primary N) is 1. The van der Waals surface area contributed by atoms with E-state index in [1.165, 1.54) is 6.42 Å². The van der Waals surface area contributed by atoms with Crippen molar-refractivity contribution in [2.45, 2.75) is 25.2 Å². The van der Waals surface area contributed by atoms with E-state index < -0.39 is 0 Å². The largest absolute Gasteiger partial charge is 0.384 e. The molecule has 0 aliphatic rings. The molecule has 1 unspecified atom stereocenters. The van der Waals surface area contributed by atoms with Gasteiger partial charge in [-0.25, -0.2) is 0 Å². The lowest BCUT2D eigenvalue weighted by Gasteiger charge is -2.09. The van der Waals surface area contributed by atoms with Gasteiger partial charge in [-0.3, -0.25) is 5.41 Å². The van der Waals surface area contributed by atoms with Gasteiger partial charge in [-0.15, -0.1) is 11.8 Å². The summed E-state index contributed by atoms with van der Waals surface area (Å²) in [5.41, 5.74) is 6.07. The molecule has 0 saturated heterocycles. The fourth-order valence-electron chi connectivity index (χ4n) is 1.14. The number of hydrogen-bond acceptors (Lipinski definition) is 2. The fraction of sp³-hybridized carbons (Fsp3) is 0.417. The van der Waals surface area contributed by atoms with E-state index in [1.54, 1.807) is 17.8 Å². The molecule has 1 atom stereocenters. The van der Waals surface area contributed by atoms with Gasteiger partial charge < -0.3 is 5.73 Å². The first kappa shape index (κ1) is 13.4. The summed E-state index contributed by atoms with van der Waals surface area (Å²) in [6, 6.07) is 5.53. The molecule has 4 heteroatoms. The van der Waals surface area contributed by atoms with E-state index in [9.17, 15) is 0 Å². The standard InChI is InChI=1S/C12H17ClN2S/c1-3-8(2)7-16-11-5-4-9(12(14)15)6-10(11)13/h4-6,8H,3,7H2,1-2H3,(H3,14,15). The van der Waals surface area contributed by atoms with Gasteiger partial charge in [0.2, 0.25) is 0 Å². The molecule has 0 saturated carbocycles. The zero-order chi connectivity index (χ0) is 12.1. The molecule has 0 amide bonds. The molecule has 0 radical (unpaired) electrons. The van der Waals surface area contributed by atoms with Gasteiger partial charge in [0.15, 0.2) is 0 Å². The highest BCUT2D eigenvalue weighted by Crippen LogP contribution is 2.29. The number of hydrogen-bond donors (Lipinski definition) is 2. The molecule has 3 N–H and O–H groups in total. The number of benzene rings is 1. The van der Waals surface area contributed by atoms with Crippen LogP contribution in [0.25, 0.3) is 0 Å². The summed E-state index contributed by atoms with van der Waals surface area (Å²) >= 11 is 7.88. The minimum Gasteiger partial charge on any atom is -0.384 e. The number of thioether (sulfide) groups is 1. The van der Waals surface area contributed by atoms with Crippen LogP contribution in [-0.2, 0) is 0 Å². The van der Waals surface area contributed by atoms with E-state index in [4.69, 9.17) is 22.7 Å². The Morgan fingerprint density at radius 3 is 2.75 bits per heavy atom. The lowest BCUT2D eigenvalue weighted by molar-refractivity contribution is 0.637. The van der Waals surface area contributed by atoms with Gasteiger partial charge in [0, 0.05) is 16.2 Å². The van der Waals surface area contributed by atoms with Crippen molar-refractivity contribution in [2.24, 2.45) is 11.7 Å². The predicted molar refractivity (Wildman–Crippen MR) is 72.6 cm³/mol. The molecule has 16 heavy (non-hydrogen) atoms. The van der Waals surface area contributed by atoms with Crippen LogP contribution in [0.3, 0.4) is 0 Å². The highest BCUT2D eigenvalue weighted by Gasteiger charge is 2.06. The van der Waals surface area contributed by atoms with Crippen LogP contribution in [0.2, 0.25) is 5.02 Å². The fourth-order valence-corrected chi connectivity index (χ4v) is 2.54. The van der Waals surface area contributed by atoms with Crippen molar-refractivity contribution in [3.05, 3.63) is 28.8 Å². The van der Waals surface area contributed by atoms with Crippen LogP contribution in [0.4, 0.5) is 0 Å². The molecule has 0 spiro atoms. The zero-order valence-electron chi connectivity index (χ0n) is 9.59. The van der Waals surface area contributed by atoms with Crippen molar-refractivity contribution in [3.8, 4) is 0 Å². The van der Waals surface area contributed by atoms with E-state index >= 15 is 0 Å². The summed E-state index contributed by atoms with van der Waals surface area (Å²) in [5, 5.41) is 8.00. The molecule has 0 heterocycles. The SMILES string of the molecule is CCC(C)CSc1ccc(C(=N)N)cc1Cl. The minimum absolute atomic E-state index is 0.0559. The first-order valence-corrected chi connectivity index (χ1v) is 6.67. The van der Waals surface area contributed by atoms with Crippen molar-refractivity contribution in [2.75, 3.05) is 5.75 Å². The van der Waals surface area contributed by atoms with Crippen LogP contribution >= 0.6 is 23.4 Å². The van der Waals surface area contributed by atoms with Gasteiger partial charge in [-0.2, -0.15) is 0 Å². The summed E-state index contributed by atoms with van der Waals surface area (Å²) < 4.78 is 0. The maximum Gasteiger partial charge on any atom is 0.122 e. The third-order valence-electron chi connectivity index (χ3n) is 2.46. The highest BCUT2D eigenvalue weighted by atomic mass is 35.5. The molecular formula is C12H17ClN2S. The van der Waals surface area contributed by atoms with Crippen LogP contribution < -0.4 is 5.73 Å². The second kappa shape index (κ2) is 6.16. The Hall–Kier alpha value is -0.670. The Balaban J connectivity index is 2.72. The molecule has 1 aromatic carbocycles. The molecular weight excluding hydrogens is 240 g/mol. The third-order valence-corrected chi connectivity index (χ3v) is 4.29. The topological polar surface area (TPSA) is 49.9 Å². The van der Waals surface area contributed by atoms with Gasteiger partial charge in [0.05, 0.1) is 5.02 Å². The molecule has 0 aliphatic carbocycles. The van der Waals surface area contributed by atoms with Gasteiger partial charge in [-0.05, 0) is 18.1 Å². The van der Waals surface area contributed by atoms with Crippen LogP contribution in [0, 0.1) is 11.3 Å². The van der Waals surface area contributed by atoms with Crippen LogP contribution in [0.1, 0.15) is 25.8 Å². The second-order valence-corrected chi connectivity index (χ2v) is 5.35. The summed E-state index contributed by atoms with van der Waals surface area (Å²) in [5.74, 6) is 1.81. The number of amidine groups is 1. The highest BCUT2D eigenvalue weighted by molar-refractivity contribution is 7.99. The first-order valence-electron chi connectivity index (χ1n) is 5.31. The molecule has 88 valence electrons. The Kier molecular flexibility index (Phi) is 5.16. The molecule has 1 aromatic rings. The third kappa shape index (κ3) is 3.72. The van der Waals surface area contributed by atoms with Crippen LogP contribution in [0.5, 0.6) is 0 Å². The molecule has 2 nitrogen and oxygen atoms in total. The van der Waals surface area contributed by atoms with E-state index in [0.29, 0.717) is 16.5 Å². The maximum atomic E-state index is 7.31. The number of rotatable bonds is 5. The van der Waals surface area contributed by atoms with Crippen molar-refractivity contribution in [1.29, 1.82) is 5.41 Å². The Labute approximate surface area is 106 Å². The summed E-state index contributed by atoms with van der Waals surface area (Å²) in [4.78, 5) is 1.06. The van der Waals surface area contributed by atoms with Gasteiger partial charge in [0.1, 0.15) is 5.84 Å². The molecule has 0 fully saturated rings. The van der Waals surface area contributed by atoms with E-state index in [1.807, 2.05) is 12.1 Å². The quantitative estimate of drug-likeness (QED) is 0.479. The summed E-state index contributed by atoms with van der Waals surface area (Å²) in [7, 11) is 0. The lowest BCUT2D eigenvalue weighted by atomic mass is 10.2. The lowest BCUT2D eigenvalue weighted by Crippen LogP contribution is -2.10. The van der Waals surface area contributed by atoms with Crippen molar-refractivity contribution in [1.82, 2.24) is 0 Å². The molecule has 1 rings (SSSR count). The predicted octanol–water partition coefficient (Wildman–Crippen LogP) is 3.76. The molecule has 0 aliphatic heterocycles. The van der Waals surface area contributed by atoms with Crippen molar-refractivity contribution in [3.63, 3.8) is 0 Å². The summed E-state index contributed by atoms with van der Waals surface area (Å²) in [6.45, 7) is 4.41. The minimum atomic E-state index is 0.0559. The van der Waals surface area contributed by atoms with Gasteiger partial charge in [0.25, 0.3) is 0 Å². The first-order chi connectivity index (χ1) is 7.54. The summed E-state index contributed by atoms with van der Waals surface area (Å²) in [6.07, 6.45) is 1.18. The number of nitrogen functional groups attached to an aromatic ring is 1. The normalized spacial score (nSPS) is 12.4. The van der Waals surface area contributed by atoms with Crippen molar-refractivity contribution < 1.29 is 0 Å². The maximum absolute atomic E-state index is 7.31. The van der Waals surface area contributed by atoms with Gasteiger partial charge in [-0.1, -0.05) is 37.9 Å². The van der Waals surface area contributed by atoms with E-state index in [2.05, 4.69) is 13.8 Å². The van der Waals surface area contributed by atoms with Gasteiger partial charge >= 0.3 is 0 Å². The molecule has 0 aromatic heterocycles. The Morgan fingerprint density at radius 2 is 2.25 bits per heavy atom. The van der Waals surface area contributed by atoms with Crippen LogP contribution in [-0.4, -0.2) is 11.6 Å². The second-order valence-electron chi connectivity index (χ2n) is 3.88. The monoisotopic (exact) mass is 256 g/mol. The number of nitrogens with one attached hydrogen (secondary N) is 1. The Bertz CT molecular complexity index is 379. The number of halogens is 1. The van der Waals surface area contributed by atoms with E-state index in [-0.39, 0.29) is 5.84 Å². The Morgan fingerprint density at radius 1 is 1.56 bits per heavy atom. The zero-order valence-corrected chi connectivity index (χ0v) is 11.2. The van der Waals surface area contributed by atoms with Crippen LogP contribution in [0.15, 0.2) is 23.1 Å². The van der Waals surface area contributed by atoms with E-state index in [0.717, 1.165) is 10.6 Å². The average Bonchev–Trinajstić information content (AvgIpc) is 2.26. The molecule has 0 bridgehead atoms. The smallest absolute Gasteiger partial charge is 0.122 e. The average molecular weight is 257 g/mol. The van der Waals surface area contributed by atoms with Crippen molar-refractivity contribution >= 4 is 29.2 Å².